The maximum absolute atomic E-state index is 12.8. The van der Waals surface area contributed by atoms with Crippen molar-refractivity contribution in [3.8, 4) is 0 Å². The van der Waals surface area contributed by atoms with Gasteiger partial charge in [-0.2, -0.15) is 0 Å². The summed E-state index contributed by atoms with van der Waals surface area (Å²) in [5, 5.41) is 50.2. The highest BCUT2D eigenvalue weighted by molar-refractivity contribution is 7.47. The van der Waals surface area contributed by atoms with Crippen LogP contribution in [0.4, 0.5) is 0 Å². The zero-order valence-electron chi connectivity index (χ0n) is 38.4. The lowest BCUT2D eigenvalue weighted by atomic mass is 9.85. The summed E-state index contributed by atoms with van der Waals surface area (Å²) in [6, 6.07) is 0. The van der Waals surface area contributed by atoms with E-state index in [0.29, 0.717) is 12.8 Å². The van der Waals surface area contributed by atoms with Gasteiger partial charge in [-0.15, -0.1) is 0 Å². The van der Waals surface area contributed by atoms with Crippen molar-refractivity contribution < 1.29 is 63.1 Å². The average molecular weight is 903 g/mol. The number of aliphatic hydroxyl groups excluding tert-OH is 5. The second-order valence-electron chi connectivity index (χ2n) is 17.0. The SMILES string of the molecule is CCCC/C=C\C/C=C\CCCCCCCC(=O)O[C@H](COC(=O)CCCCCCCCC/C=C\CCCCCCCCCC)COP(=O)(O)OC1C(O)C(O)C(O)[C@@H](O)C1O. The van der Waals surface area contributed by atoms with E-state index in [2.05, 4.69) is 50.3 Å². The molecule has 362 valence electrons. The van der Waals surface area contributed by atoms with Crippen molar-refractivity contribution in [1.29, 1.82) is 0 Å². The van der Waals surface area contributed by atoms with Gasteiger partial charge in [-0.25, -0.2) is 4.57 Å². The number of rotatable bonds is 40. The molecule has 14 heteroatoms. The molecule has 1 fully saturated rings. The molecule has 0 bridgehead atoms. The molecule has 0 amide bonds. The number of aliphatic hydroxyl groups is 5. The summed E-state index contributed by atoms with van der Waals surface area (Å²) >= 11 is 0. The zero-order chi connectivity index (χ0) is 45.7. The van der Waals surface area contributed by atoms with Gasteiger partial charge in [-0.1, -0.05) is 159 Å². The Balaban J connectivity index is 2.43. The van der Waals surface area contributed by atoms with Gasteiger partial charge in [0.15, 0.2) is 6.10 Å². The van der Waals surface area contributed by atoms with E-state index in [0.717, 1.165) is 77.0 Å². The lowest BCUT2D eigenvalue weighted by Crippen LogP contribution is -2.64. The van der Waals surface area contributed by atoms with Crippen LogP contribution in [0.25, 0.3) is 0 Å². The number of allylic oxidation sites excluding steroid dienone is 6. The molecule has 13 nitrogen and oxygen atoms in total. The Hall–Kier alpha value is -1.93. The Labute approximate surface area is 374 Å². The van der Waals surface area contributed by atoms with E-state index in [1.807, 2.05) is 0 Å². The van der Waals surface area contributed by atoms with Crippen LogP contribution in [0.5, 0.6) is 0 Å². The minimum absolute atomic E-state index is 0.0800. The van der Waals surface area contributed by atoms with Crippen molar-refractivity contribution in [2.45, 2.75) is 243 Å². The fourth-order valence-electron chi connectivity index (χ4n) is 7.24. The second kappa shape index (κ2) is 38.3. The fraction of sp³-hybridized carbons (Fsp3) is 0.833. The number of phosphoric acid groups is 1. The van der Waals surface area contributed by atoms with Gasteiger partial charge in [-0.3, -0.25) is 18.6 Å². The second-order valence-corrected chi connectivity index (χ2v) is 18.4. The number of hydrogen-bond acceptors (Lipinski definition) is 12. The van der Waals surface area contributed by atoms with Crippen molar-refractivity contribution >= 4 is 19.8 Å². The molecule has 1 rings (SSSR count). The molecular weight excluding hydrogens is 815 g/mol. The molecule has 1 aliphatic carbocycles. The van der Waals surface area contributed by atoms with E-state index >= 15 is 0 Å². The van der Waals surface area contributed by atoms with Gasteiger partial charge < -0.3 is 39.9 Å². The van der Waals surface area contributed by atoms with Gasteiger partial charge in [0.05, 0.1) is 6.61 Å². The summed E-state index contributed by atoms with van der Waals surface area (Å²) < 4.78 is 33.5. The number of phosphoric ester groups is 1. The Morgan fingerprint density at radius 1 is 0.500 bits per heavy atom. The maximum Gasteiger partial charge on any atom is 0.472 e. The number of esters is 2. The smallest absolute Gasteiger partial charge is 0.462 e. The molecule has 0 saturated heterocycles. The largest absolute Gasteiger partial charge is 0.472 e. The van der Waals surface area contributed by atoms with Crippen LogP contribution in [0.2, 0.25) is 0 Å². The van der Waals surface area contributed by atoms with E-state index < -0.39 is 75.7 Å². The monoisotopic (exact) mass is 903 g/mol. The Morgan fingerprint density at radius 3 is 1.37 bits per heavy atom. The molecular formula is C48H87O13P. The van der Waals surface area contributed by atoms with Crippen molar-refractivity contribution in [2.24, 2.45) is 0 Å². The molecule has 0 aliphatic heterocycles. The van der Waals surface area contributed by atoms with Crippen LogP contribution < -0.4 is 0 Å². The summed E-state index contributed by atoms with van der Waals surface area (Å²) in [5.41, 5.74) is 0. The Morgan fingerprint density at radius 2 is 0.887 bits per heavy atom. The number of hydrogen-bond donors (Lipinski definition) is 6. The molecule has 8 atom stereocenters. The first kappa shape index (κ1) is 58.1. The summed E-state index contributed by atoms with van der Waals surface area (Å²) in [6.45, 7) is 3.25. The molecule has 0 spiro atoms. The van der Waals surface area contributed by atoms with Crippen LogP contribution in [0.15, 0.2) is 36.5 Å². The van der Waals surface area contributed by atoms with E-state index in [9.17, 15) is 44.6 Å². The average Bonchev–Trinajstić information content (AvgIpc) is 3.25. The normalized spacial score (nSPS) is 22.1. The quantitative estimate of drug-likeness (QED) is 0.0147. The van der Waals surface area contributed by atoms with E-state index in [1.54, 1.807) is 0 Å². The molecule has 0 aromatic carbocycles. The maximum atomic E-state index is 12.8. The molecule has 6 N–H and O–H groups in total. The zero-order valence-corrected chi connectivity index (χ0v) is 39.3. The molecule has 6 unspecified atom stereocenters. The van der Waals surface area contributed by atoms with Crippen LogP contribution in [0.1, 0.15) is 200 Å². The van der Waals surface area contributed by atoms with Crippen LogP contribution >= 0.6 is 7.82 Å². The lowest BCUT2D eigenvalue weighted by Gasteiger charge is -2.41. The molecule has 1 aliphatic rings. The van der Waals surface area contributed by atoms with Crippen LogP contribution in [0.3, 0.4) is 0 Å². The Bertz CT molecular complexity index is 1230. The third-order valence-electron chi connectivity index (χ3n) is 11.2. The topological polar surface area (TPSA) is 210 Å². The summed E-state index contributed by atoms with van der Waals surface area (Å²) in [6.07, 6.45) is 30.5. The fourth-order valence-corrected chi connectivity index (χ4v) is 8.21. The molecule has 0 aromatic rings. The number of unbranched alkanes of at least 4 members (excludes halogenated alkanes) is 22. The first-order chi connectivity index (χ1) is 29.9. The predicted molar refractivity (Wildman–Crippen MR) is 244 cm³/mol. The predicted octanol–water partition coefficient (Wildman–Crippen LogP) is 9.78. The van der Waals surface area contributed by atoms with Crippen molar-refractivity contribution in [3.05, 3.63) is 36.5 Å². The van der Waals surface area contributed by atoms with E-state index in [1.165, 1.54) is 83.5 Å². The van der Waals surface area contributed by atoms with Crippen LogP contribution in [0, 0.1) is 0 Å². The summed E-state index contributed by atoms with van der Waals surface area (Å²) in [4.78, 5) is 35.7. The summed E-state index contributed by atoms with van der Waals surface area (Å²) in [5.74, 6) is -1.12. The molecule has 1 saturated carbocycles. The van der Waals surface area contributed by atoms with Crippen molar-refractivity contribution in [1.82, 2.24) is 0 Å². The molecule has 0 heterocycles. The van der Waals surface area contributed by atoms with Gasteiger partial charge in [0.2, 0.25) is 0 Å². The van der Waals surface area contributed by atoms with Crippen molar-refractivity contribution in [3.63, 3.8) is 0 Å². The van der Waals surface area contributed by atoms with Crippen LogP contribution in [-0.4, -0.2) is 98.3 Å². The highest BCUT2D eigenvalue weighted by Gasteiger charge is 2.51. The highest BCUT2D eigenvalue weighted by atomic mass is 31.2. The van der Waals surface area contributed by atoms with E-state index in [4.69, 9.17) is 18.5 Å². The number of carbonyl (C=O) groups is 2. The molecule has 62 heavy (non-hydrogen) atoms. The summed E-state index contributed by atoms with van der Waals surface area (Å²) in [7, 11) is -5.12. The highest BCUT2D eigenvalue weighted by Crippen LogP contribution is 2.47. The standard InChI is InChI=1S/C48H87O13P/c1-3-5-7-9-11-13-15-17-19-20-21-22-23-25-26-28-30-32-34-36-41(49)58-38-40(39-59-62(56,57)61-48-46(54)44(52)43(51)45(53)47(48)55)60-42(50)37-35-33-31-29-27-24-18-16-14-12-10-8-6-4-2/h10,12,16,18,20-21,40,43-48,51-55H,3-9,11,13-15,17,19,22-39H2,1-2H3,(H,56,57)/b12-10-,18-16-,21-20-/t40-,43?,44-,45?,46?,47?,48?/m1/s1. The first-order valence-electron chi connectivity index (χ1n) is 24.3. The first-order valence-corrected chi connectivity index (χ1v) is 25.8. The minimum atomic E-state index is -5.12. The Kier molecular flexibility index (Phi) is 35.9. The van der Waals surface area contributed by atoms with Gasteiger partial charge in [0.1, 0.15) is 43.2 Å². The minimum Gasteiger partial charge on any atom is -0.462 e. The third kappa shape index (κ3) is 30.3. The number of ether oxygens (including phenoxy) is 2. The van der Waals surface area contributed by atoms with Gasteiger partial charge in [0, 0.05) is 12.8 Å². The lowest BCUT2D eigenvalue weighted by molar-refractivity contribution is -0.220. The third-order valence-corrected chi connectivity index (χ3v) is 12.2. The van der Waals surface area contributed by atoms with Crippen molar-refractivity contribution in [2.75, 3.05) is 13.2 Å². The number of carbonyl (C=O) groups excluding carboxylic acids is 2. The molecule has 0 radical (unpaired) electrons. The van der Waals surface area contributed by atoms with Gasteiger partial charge in [-0.05, 0) is 64.2 Å². The van der Waals surface area contributed by atoms with Gasteiger partial charge >= 0.3 is 19.8 Å². The van der Waals surface area contributed by atoms with Crippen LogP contribution in [-0.2, 0) is 32.7 Å². The molecule has 0 aromatic heterocycles. The van der Waals surface area contributed by atoms with E-state index in [-0.39, 0.29) is 12.8 Å². The van der Waals surface area contributed by atoms with Gasteiger partial charge in [0.25, 0.3) is 0 Å².